The van der Waals surface area contributed by atoms with Gasteiger partial charge in [0.2, 0.25) is 0 Å². The van der Waals surface area contributed by atoms with Gasteiger partial charge in [-0.3, -0.25) is 4.79 Å². The molecule has 1 saturated heterocycles. The second kappa shape index (κ2) is 6.02. The Morgan fingerprint density at radius 3 is 2.37 bits per heavy atom. The smallest absolute Gasteiger partial charge is 0.181 e. The monoisotopic (exact) mass is 264 g/mol. The minimum atomic E-state index is -0.724. The average molecular weight is 264 g/mol. The third-order valence-corrected chi connectivity index (χ3v) is 4.45. The van der Waals surface area contributed by atoms with Gasteiger partial charge in [-0.2, -0.15) is 0 Å². The topological polar surface area (TPSA) is 35.5 Å². The molecule has 1 aliphatic carbocycles. The van der Waals surface area contributed by atoms with E-state index in [0.29, 0.717) is 26.1 Å². The van der Waals surface area contributed by atoms with Crippen LogP contribution in [0.15, 0.2) is 25.3 Å². The van der Waals surface area contributed by atoms with Crippen molar-refractivity contribution < 1.29 is 14.3 Å². The van der Waals surface area contributed by atoms with Crippen molar-refractivity contribution in [2.75, 3.05) is 13.2 Å². The fourth-order valence-electron chi connectivity index (χ4n) is 3.56. The average Bonchev–Trinajstić information content (AvgIpc) is 2.79. The lowest BCUT2D eigenvalue weighted by molar-refractivity contribution is -0.235. The highest BCUT2D eigenvalue weighted by Gasteiger charge is 2.58. The van der Waals surface area contributed by atoms with Crippen LogP contribution in [0.2, 0.25) is 0 Å². The highest BCUT2D eigenvalue weighted by molar-refractivity contribution is 5.87. The normalized spacial score (nSPS) is 29.9. The fraction of sp³-hybridized carbons (Fsp3) is 0.688. The van der Waals surface area contributed by atoms with Crippen LogP contribution in [0.1, 0.15) is 44.9 Å². The maximum atomic E-state index is 12.7. The number of hydrogen-bond acceptors (Lipinski definition) is 3. The second-order valence-corrected chi connectivity index (χ2v) is 5.50. The van der Waals surface area contributed by atoms with E-state index >= 15 is 0 Å². The van der Waals surface area contributed by atoms with Crippen molar-refractivity contribution in [1.29, 1.82) is 0 Å². The molecule has 0 bridgehead atoms. The summed E-state index contributed by atoms with van der Waals surface area (Å²) in [5, 5.41) is 0. The molecule has 3 heteroatoms. The fourth-order valence-corrected chi connectivity index (χ4v) is 3.56. The van der Waals surface area contributed by atoms with E-state index in [1.54, 1.807) is 6.08 Å². The summed E-state index contributed by atoms with van der Waals surface area (Å²) in [6.07, 6.45) is 9.39. The predicted octanol–water partition coefficient (Wildman–Crippen LogP) is 3.40. The van der Waals surface area contributed by atoms with Crippen molar-refractivity contribution in [3.05, 3.63) is 25.3 Å². The number of rotatable bonds is 5. The summed E-state index contributed by atoms with van der Waals surface area (Å²) >= 11 is 0. The Balaban J connectivity index is 2.41. The van der Waals surface area contributed by atoms with Gasteiger partial charge < -0.3 is 9.47 Å². The van der Waals surface area contributed by atoms with Crippen molar-refractivity contribution in [2.45, 2.75) is 50.7 Å². The van der Waals surface area contributed by atoms with Gasteiger partial charge in [-0.25, -0.2) is 0 Å². The van der Waals surface area contributed by atoms with Gasteiger partial charge in [0.1, 0.15) is 5.78 Å². The van der Waals surface area contributed by atoms with E-state index in [1.165, 1.54) is 0 Å². The van der Waals surface area contributed by atoms with Crippen LogP contribution in [-0.2, 0) is 14.3 Å². The summed E-state index contributed by atoms with van der Waals surface area (Å²) in [6, 6.07) is 0. The molecule has 0 aromatic carbocycles. The molecule has 1 heterocycles. The van der Waals surface area contributed by atoms with Gasteiger partial charge in [0.25, 0.3) is 0 Å². The van der Waals surface area contributed by atoms with Crippen molar-refractivity contribution in [3.63, 3.8) is 0 Å². The van der Waals surface area contributed by atoms with Gasteiger partial charge >= 0.3 is 0 Å². The number of ether oxygens (including phenoxy) is 2. The molecule has 0 amide bonds. The molecular weight excluding hydrogens is 240 g/mol. The molecule has 1 saturated carbocycles. The second-order valence-electron chi connectivity index (χ2n) is 5.50. The van der Waals surface area contributed by atoms with Gasteiger partial charge in [-0.05, 0) is 19.3 Å². The minimum Gasteiger partial charge on any atom is -0.346 e. The number of ketones is 1. The maximum absolute atomic E-state index is 12.7. The first-order chi connectivity index (χ1) is 9.21. The lowest BCUT2D eigenvalue weighted by atomic mass is 9.68. The Morgan fingerprint density at radius 2 is 1.74 bits per heavy atom. The Bertz CT molecular complexity index is 355. The predicted molar refractivity (Wildman–Crippen MR) is 74.8 cm³/mol. The van der Waals surface area contributed by atoms with E-state index in [2.05, 4.69) is 13.2 Å². The Morgan fingerprint density at radius 1 is 1.05 bits per heavy atom. The SMILES string of the molecule is C=CCC(=O)[C@@]1(CC=C)CCCCCC12OCCO2. The van der Waals surface area contributed by atoms with E-state index in [1.807, 2.05) is 6.08 Å². The Labute approximate surface area is 115 Å². The molecule has 106 valence electrons. The number of Topliss-reactive ketones (excluding diaryl/α,β-unsaturated/α-hetero) is 1. The van der Waals surface area contributed by atoms with Gasteiger partial charge in [-0.1, -0.05) is 25.0 Å². The lowest BCUT2D eigenvalue weighted by Gasteiger charge is -2.44. The molecule has 0 radical (unpaired) electrons. The third-order valence-electron chi connectivity index (χ3n) is 4.45. The molecule has 0 N–H and O–H groups in total. The molecule has 2 rings (SSSR count). The number of carbonyl (C=O) groups excluding carboxylic acids is 1. The van der Waals surface area contributed by atoms with Crippen LogP contribution in [0.3, 0.4) is 0 Å². The molecule has 1 aliphatic heterocycles. The molecule has 2 aliphatic rings. The Kier molecular flexibility index (Phi) is 4.58. The number of allylic oxidation sites excluding steroid dienone is 2. The molecule has 1 atom stereocenters. The molecule has 3 nitrogen and oxygen atoms in total. The van der Waals surface area contributed by atoms with E-state index in [9.17, 15) is 4.79 Å². The minimum absolute atomic E-state index is 0.186. The van der Waals surface area contributed by atoms with Crippen LogP contribution in [0.4, 0.5) is 0 Å². The zero-order chi connectivity index (χ0) is 13.8. The van der Waals surface area contributed by atoms with Gasteiger partial charge in [0.15, 0.2) is 5.79 Å². The first kappa shape index (κ1) is 14.5. The van der Waals surface area contributed by atoms with Crippen LogP contribution in [-0.4, -0.2) is 24.8 Å². The summed E-state index contributed by atoms with van der Waals surface area (Å²) in [6.45, 7) is 8.70. The van der Waals surface area contributed by atoms with Gasteiger partial charge in [0.05, 0.1) is 18.6 Å². The van der Waals surface area contributed by atoms with E-state index in [-0.39, 0.29) is 5.78 Å². The quantitative estimate of drug-likeness (QED) is 0.714. The van der Waals surface area contributed by atoms with Crippen molar-refractivity contribution in [1.82, 2.24) is 0 Å². The zero-order valence-electron chi connectivity index (χ0n) is 11.7. The highest BCUT2D eigenvalue weighted by Crippen LogP contribution is 2.51. The van der Waals surface area contributed by atoms with Crippen molar-refractivity contribution in [3.8, 4) is 0 Å². The molecule has 2 fully saturated rings. The molecule has 0 aromatic heterocycles. The van der Waals surface area contributed by atoms with Crippen molar-refractivity contribution >= 4 is 5.78 Å². The molecule has 1 spiro atoms. The summed E-state index contributed by atoms with van der Waals surface area (Å²) in [5.74, 6) is -0.538. The summed E-state index contributed by atoms with van der Waals surface area (Å²) in [5.41, 5.74) is -0.573. The van der Waals surface area contributed by atoms with Crippen LogP contribution in [0.25, 0.3) is 0 Å². The largest absolute Gasteiger partial charge is 0.346 e. The van der Waals surface area contributed by atoms with Crippen molar-refractivity contribution in [2.24, 2.45) is 5.41 Å². The summed E-state index contributed by atoms with van der Waals surface area (Å²) < 4.78 is 11.9. The zero-order valence-corrected chi connectivity index (χ0v) is 11.7. The molecule has 0 unspecified atom stereocenters. The van der Waals surface area contributed by atoms with E-state index < -0.39 is 11.2 Å². The number of carbonyl (C=O) groups is 1. The maximum Gasteiger partial charge on any atom is 0.181 e. The van der Waals surface area contributed by atoms with Crippen LogP contribution < -0.4 is 0 Å². The first-order valence-electron chi connectivity index (χ1n) is 7.24. The molecule has 0 aromatic rings. The molecule has 19 heavy (non-hydrogen) atoms. The Hall–Kier alpha value is -0.930. The highest BCUT2D eigenvalue weighted by atomic mass is 16.7. The summed E-state index contributed by atoms with van der Waals surface area (Å²) in [7, 11) is 0. The van der Waals surface area contributed by atoms with Crippen LogP contribution >= 0.6 is 0 Å². The summed E-state index contributed by atoms with van der Waals surface area (Å²) in [4.78, 5) is 12.7. The van der Waals surface area contributed by atoms with Crippen LogP contribution in [0, 0.1) is 5.41 Å². The third kappa shape index (κ3) is 2.41. The van der Waals surface area contributed by atoms with Gasteiger partial charge in [-0.15, -0.1) is 13.2 Å². The van der Waals surface area contributed by atoms with E-state index in [4.69, 9.17) is 9.47 Å². The lowest BCUT2D eigenvalue weighted by Crippen LogP contribution is -2.53. The van der Waals surface area contributed by atoms with Gasteiger partial charge in [0, 0.05) is 12.8 Å². The van der Waals surface area contributed by atoms with E-state index in [0.717, 1.165) is 32.1 Å². The number of hydrogen-bond donors (Lipinski definition) is 0. The molecular formula is C16H24O3. The standard InChI is InChI=1S/C16H24O3/c1-3-8-14(17)15(9-4-2)10-6-5-7-11-16(15)18-12-13-19-16/h3-4H,1-2,5-13H2/t15-/m1/s1. The first-order valence-corrected chi connectivity index (χ1v) is 7.24. The van der Waals surface area contributed by atoms with Crippen LogP contribution in [0.5, 0.6) is 0 Å².